The summed E-state index contributed by atoms with van der Waals surface area (Å²) in [6.45, 7) is 2.02. The average molecular weight is 404 g/mol. The number of para-hydroxylation sites is 1. The molecule has 1 aliphatic heterocycles. The van der Waals surface area contributed by atoms with Gasteiger partial charge in [0.2, 0.25) is 0 Å². The number of anilines is 2. The van der Waals surface area contributed by atoms with E-state index in [0.29, 0.717) is 22.8 Å². The molecule has 154 valence electrons. The molecule has 6 heteroatoms. The van der Waals surface area contributed by atoms with Crippen molar-refractivity contribution >= 4 is 17.3 Å². The van der Waals surface area contributed by atoms with Gasteiger partial charge in [0.15, 0.2) is 11.5 Å². The van der Waals surface area contributed by atoms with E-state index >= 15 is 0 Å². The highest BCUT2D eigenvalue weighted by atomic mass is 16.5. The maximum atomic E-state index is 13.6. The molecule has 4 rings (SSSR count). The van der Waals surface area contributed by atoms with E-state index in [1.807, 2.05) is 61.5 Å². The minimum Gasteiger partial charge on any atom is -0.496 e. The van der Waals surface area contributed by atoms with Crippen LogP contribution in [0.4, 0.5) is 11.4 Å². The van der Waals surface area contributed by atoms with Crippen molar-refractivity contribution in [3.63, 3.8) is 0 Å². The Kier molecular flexibility index (Phi) is 5.23. The summed E-state index contributed by atoms with van der Waals surface area (Å²) in [4.78, 5) is 15.3. The van der Waals surface area contributed by atoms with E-state index in [1.54, 1.807) is 32.3 Å². The van der Waals surface area contributed by atoms with Crippen LogP contribution in [0.2, 0.25) is 0 Å². The van der Waals surface area contributed by atoms with E-state index in [0.717, 1.165) is 22.5 Å². The molecule has 0 unspecified atom stereocenters. The van der Waals surface area contributed by atoms with Crippen LogP contribution >= 0.6 is 0 Å². The molecule has 3 aromatic carbocycles. The van der Waals surface area contributed by atoms with Gasteiger partial charge in [0.1, 0.15) is 11.9 Å². The molecule has 0 aromatic heterocycles. The normalized spacial score (nSPS) is 15.3. The zero-order valence-corrected chi connectivity index (χ0v) is 17.4. The molecule has 1 amide bonds. The lowest BCUT2D eigenvalue weighted by Gasteiger charge is -2.38. The fraction of sp³-hybridized carbons (Fsp3) is 0.208. The fourth-order valence-electron chi connectivity index (χ4n) is 3.71. The van der Waals surface area contributed by atoms with Crippen LogP contribution in [-0.2, 0) is 0 Å². The van der Waals surface area contributed by atoms with Gasteiger partial charge >= 0.3 is 0 Å². The van der Waals surface area contributed by atoms with Gasteiger partial charge in [-0.2, -0.15) is 0 Å². The van der Waals surface area contributed by atoms with Crippen molar-refractivity contribution in [1.29, 1.82) is 0 Å². The van der Waals surface area contributed by atoms with Crippen LogP contribution in [-0.4, -0.2) is 27.2 Å². The number of hydrogen-bond acceptors (Lipinski definition) is 5. The lowest BCUT2D eigenvalue weighted by molar-refractivity contribution is 0.0974. The van der Waals surface area contributed by atoms with Crippen molar-refractivity contribution in [2.24, 2.45) is 0 Å². The second-order valence-corrected chi connectivity index (χ2v) is 7.05. The van der Waals surface area contributed by atoms with Gasteiger partial charge in [-0.1, -0.05) is 29.8 Å². The summed E-state index contributed by atoms with van der Waals surface area (Å²) in [7, 11) is 4.76. The first kappa shape index (κ1) is 19.6. The van der Waals surface area contributed by atoms with Gasteiger partial charge in [-0.15, -0.1) is 0 Å². The number of carbonyl (C=O) groups is 1. The number of nitrogens with zero attached hydrogens (tertiary/aromatic N) is 1. The Hall–Kier alpha value is -3.67. The lowest BCUT2D eigenvalue weighted by Crippen LogP contribution is -2.43. The van der Waals surface area contributed by atoms with Crippen LogP contribution in [0.1, 0.15) is 27.7 Å². The third-order valence-electron chi connectivity index (χ3n) is 5.27. The topological polar surface area (TPSA) is 60.0 Å². The highest BCUT2D eigenvalue weighted by molar-refractivity contribution is 6.12. The van der Waals surface area contributed by atoms with Crippen molar-refractivity contribution in [3.05, 3.63) is 77.4 Å². The Labute approximate surface area is 176 Å². The van der Waals surface area contributed by atoms with Crippen molar-refractivity contribution in [3.8, 4) is 17.2 Å². The van der Waals surface area contributed by atoms with Crippen molar-refractivity contribution < 1.29 is 19.0 Å². The van der Waals surface area contributed by atoms with Crippen molar-refractivity contribution in [2.45, 2.75) is 13.1 Å². The highest BCUT2D eigenvalue weighted by Gasteiger charge is 2.36. The number of hydrogen-bond donors (Lipinski definition) is 1. The third kappa shape index (κ3) is 3.30. The number of benzene rings is 3. The number of carbonyl (C=O) groups excluding carboxylic acids is 1. The monoisotopic (exact) mass is 404 g/mol. The van der Waals surface area contributed by atoms with Gasteiger partial charge in [0.25, 0.3) is 5.91 Å². The molecule has 0 bridgehead atoms. The van der Waals surface area contributed by atoms with Gasteiger partial charge in [0, 0.05) is 23.0 Å². The molecule has 1 heterocycles. The molecule has 30 heavy (non-hydrogen) atoms. The van der Waals surface area contributed by atoms with E-state index in [4.69, 9.17) is 14.2 Å². The molecule has 3 aromatic rings. The first-order valence-electron chi connectivity index (χ1n) is 9.63. The molecule has 0 radical (unpaired) electrons. The van der Waals surface area contributed by atoms with Gasteiger partial charge in [-0.3, -0.25) is 9.69 Å². The highest BCUT2D eigenvalue weighted by Crippen LogP contribution is 2.43. The number of aryl methyl sites for hydroxylation is 1. The summed E-state index contributed by atoms with van der Waals surface area (Å²) < 4.78 is 16.6. The average Bonchev–Trinajstić information content (AvgIpc) is 2.79. The van der Waals surface area contributed by atoms with Gasteiger partial charge in [-0.25, -0.2) is 0 Å². The van der Waals surface area contributed by atoms with Crippen LogP contribution in [0.5, 0.6) is 17.2 Å². The smallest absolute Gasteiger partial charge is 0.262 e. The molecule has 1 atom stereocenters. The summed E-state index contributed by atoms with van der Waals surface area (Å²) in [5, 5.41) is 3.50. The molecule has 0 aliphatic carbocycles. The quantitative estimate of drug-likeness (QED) is 0.662. The van der Waals surface area contributed by atoms with Crippen LogP contribution in [0.25, 0.3) is 0 Å². The maximum absolute atomic E-state index is 13.6. The van der Waals surface area contributed by atoms with E-state index in [1.165, 1.54) is 0 Å². The fourth-order valence-corrected chi connectivity index (χ4v) is 3.71. The van der Waals surface area contributed by atoms with Crippen LogP contribution in [0, 0.1) is 6.92 Å². The molecule has 0 spiro atoms. The second kappa shape index (κ2) is 7.99. The number of fused-ring (bicyclic) bond motifs is 1. The number of amides is 1. The summed E-state index contributed by atoms with van der Waals surface area (Å²) in [6, 6.07) is 19.0. The second-order valence-electron chi connectivity index (χ2n) is 7.05. The number of rotatable bonds is 5. The van der Waals surface area contributed by atoms with Gasteiger partial charge in [-0.05, 0) is 37.3 Å². The summed E-state index contributed by atoms with van der Waals surface area (Å²) >= 11 is 0. The summed E-state index contributed by atoms with van der Waals surface area (Å²) in [5.41, 5.74) is 4.06. The van der Waals surface area contributed by atoms with E-state index in [9.17, 15) is 4.79 Å². The zero-order chi connectivity index (χ0) is 21.3. The summed E-state index contributed by atoms with van der Waals surface area (Å²) in [5.74, 6) is 1.62. The SMILES string of the molecule is COc1cc(OC)c([C@@H]2Nc3ccccc3C(=O)N2c2ccc(C)cc2)cc1OC. The predicted octanol–water partition coefficient (Wildman–Crippen LogP) is 4.79. The molecule has 0 fully saturated rings. The van der Waals surface area contributed by atoms with Crippen molar-refractivity contribution in [2.75, 3.05) is 31.5 Å². The number of methoxy groups -OCH3 is 3. The Morgan fingerprint density at radius 3 is 2.13 bits per heavy atom. The Morgan fingerprint density at radius 1 is 0.833 bits per heavy atom. The third-order valence-corrected chi connectivity index (χ3v) is 5.27. The Morgan fingerprint density at radius 2 is 1.47 bits per heavy atom. The number of ether oxygens (including phenoxy) is 3. The van der Waals surface area contributed by atoms with Gasteiger partial charge in [0.05, 0.1) is 26.9 Å². The van der Waals surface area contributed by atoms with Crippen LogP contribution in [0.15, 0.2) is 60.7 Å². The minimum absolute atomic E-state index is 0.0879. The van der Waals surface area contributed by atoms with E-state index < -0.39 is 6.17 Å². The molecule has 1 aliphatic rings. The molecular weight excluding hydrogens is 380 g/mol. The molecule has 1 N–H and O–H groups in total. The lowest BCUT2D eigenvalue weighted by atomic mass is 10.0. The predicted molar refractivity (Wildman–Crippen MR) is 117 cm³/mol. The molecule has 0 saturated carbocycles. The minimum atomic E-state index is -0.495. The standard InChI is InChI=1S/C24H24N2O4/c1-15-9-11-16(12-10-15)26-23(25-19-8-6-5-7-17(19)24(26)27)18-13-21(29-3)22(30-4)14-20(18)28-2/h5-14,23,25H,1-4H3/t23-/m1/s1. The first-order chi connectivity index (χ1) is 14.6. The van der Waals surface area contributed by atoms with E-state index in [-0.39, 0.29) is 5.91 Å². The molecular formula is C24H24N2O4. The van der Waals surface area contributed by atoms with E-state index in [2.05, 4.69) is 5.32 Å². The zero-order valence-electron chi connectivity index (χ0n) is 17.4. The van der Waals surface area contributed by atoms with Crippen LogP contribution in [0.3, 0.4) is 0 Å². The molecule has 0 saturated heterocycles. The first-order valence-corrected chi connectivity index (χ1v) is 9.63. The molecule has 6 nitrogen and oxygen atoms in total. The van der Waals surface area contributed by atoms with Crippen molar-refractivity contribution in [1.82, 2.24) is 0 Å². The maximum Gasteiger partial charge on any atom is 0.262 e. The Balaban J connectivity index is 1.91. The largest absolute Gasteiger partial charge is 0.496 e. The van der Waals surface area contributed by atoms with Crippen LogP contribution < -0.4 is 24.4 Å². The Bertz CT molecular complexity index is 1080. The number of nitrogens with one attached hydrogen (secondary N) is 1. The van der Waals surface area contributed by atoms with Gasteiger partial charge < -0.3 is 19.5 Å². The summed E-state index contributed by atoms with van der Waals surface area (Å²) in [6.07, 6.45) is -0.495.